The molecule has 1 aliphatic rings. The number of hydrogen-bond donors (Lipinski definition) is 0. The van der Waals surface area contributed by atoms with Crippen molar-refractivity contribution in [1.82, 2.24) is 4.90 Å². The van der Waals surface area contributed by atoms with Crippen molar-refractivity contribution >= 4 is 17.5 Å². The normalized spacial score (nSPS) is 25.7. The van der Waals surface area contributed by atoms with Gasteiger partial charge in [0.25, 0.3) is 0 Å². The molecule has 3 heteroatoms. The van der Waals surface area contributed by atoms with Crippen LogP contribution in [0.5, 0.6) is 0 Å². The van der Waals surface area contributed by atoms with E-state index in [1.54, 1.807) is 6.92 Å². The zero-order valence-corrected chi connectivity index (χ0v) is 8.69. The summed E-state index contributed by atoms with van der Waals surface area (Å²) in [6.45, 7) is 7.19. The Morgan fingerprint density at radius 3 is 3.00 bits per heavy atom. The van der Waals surface area contributed by atoms with Gasteiger partial charge in [-0.05, 0) is 6.92 Å². The van der Waals surface area contributed by atoms with Crippen molar-refractivity contribution in [3.8, 4) is 0 Å². The lowest BCUT2D eigenvalue weighted by Crippen LogP contribution is -2.37. The number of rotatable bonds is 3. The Bertz CT molecular complexity index is 161. The Hall–Kier alpha value is -0.0200. The standard InChI is InChI=1S/C9H17NOS/c1-8(11)3-4-10-5-6-12-9(2)7-10/h9H,3-7H2,1-2H3. The van der Waals surface area contributed by atoms with Crippen LogP contribution in [-0.4, -0.2) is 41.3 Å². The highest BCUT2D eigenvalue weighted by molar-refractivity contribution is 7.99. The third-order valence-corrected chi connectivity index (χ3v) is 3.24. The molecule has 2 nitrogen and oxygen atoms in total. The molecule has 12 heavy (non-hydrogen) atoms. The third kappa shape index (κ3) is 3.59. The smallest absolute Gasteiger partial charge is 0.131 e. The SMILES string of the molecule is CC(=O)CCN1CCSC(C)C1. The fourth-order valence-electron chi connectivity index (χ4n) is 1.41. The maximum atomic E-state index is 10.7. The third-order valence-electron chi connectivity index (χ3n) is 2.11. The van der Waals surface area contributed by atoms with Gasteiger partial charge in [0, 0.05) is 37.1 Å². The number of thioether (sulfide) groups is 1. The van der Waals surface area contributed by atoms with Crippen LogP contribution in [0.4, 0.5) is 0 Å². The molecule has 0 N–H and O–H groups in total. The quantitative estimate of drug-likeness (QED) is 0.666. The lowest BCUT2D eigenvalue weighted by atomic mass is 10.3. The molecule has 1 aliphatic heterocycles. The number of carbonyl (C=O) groups excluding carboxylic acids is 1. The minimum Gasteiger partial charge on any atom is -0.301 e. The molecular weight excluding hydrogens is 170 g/mol. The van der Waals surface area contributed by atoms with Gasteiger partial charge in [-0.1, -0.05) is 6.92 Å². The highest BCUT2D eigenvalue weighted by Crippen LogP contribution is 2.17. The summed E-state index contributed by atoms with van der Waals surface area (Å²) < 4.78 is 0. The number of Topliss-reactive ketones (excluding diaryl/α,β-unsaturated/α-hetero) is 1. The summed E-state index contributed by atoms with van der Waals surface area (Å²) in [6, 6.07) is 0. The minimum absolute atomic E-state index is 0.306. The summed E-state index contributed by atoms with van der Waals surface area (Å²) in [5.41, 5.74) is 0. The second-order valence-electron chi connectivity index (χ2n) is 3.43. The van der Waals surface area contributed by atoms with Crippen molar-refractivity contribution in [1.29, 1.82) is 0 Å². The van der Waals surface area contributed by atoms with Crippen LogP contribution in [0, 0.1) is 0 Å². The predicted molar refractivity (Wildman–Crippen MR) is 53.7 cm³/mol. The van der Waals surface area contributed by atoms with Crippen molar-refractivity contribution in [3.05, 3.63) is 0 Å². The molecule has 0 bridgehead atoms. The van der Waals surface area contributed by atoms with Crippen molar-refractivity contribution in [2.24, 2.45) is 0 Å². The van der Waals surface area contributed by atoms with E-state index in [-0.39, 0.29) is 0 Å². The van der Waals surface area contributed by atoms with Crippen LogP contribution >= 0.6 is 11.8 Å². The highest BCUT2D eigenvalue weighted by Gasteiger charge is 2.16. The van der Waals surface area contributed by atoms with E-state index >= 15 is 0 Å². The molecule has 1 fully saturated rings. The Labute approximate surface area is 78.7 Å². The van der Waals surface area contributed by atoms with Gasteiger partial charge in [0.15, 0.2) is 0 Å². The summed E-state index contributed by atoms with van der Waals surface area (Å²) in [5, 5.41) is 0.741. The first-order valence-corrected chi connectivity index (χ1v) is 5.57. The average molecular weight is 187 g/mol. The fourth-order valence-corrected chi connectivity index (χ4v) is 2.49. The van der Waals surface area contributed by atoms with Gasteiger partial charge in [-0.25, -0.2) is 0 Å². The van der Waals surface area contributed by atoms with E-state index in [4.69, 9.17) is 0 Å². The highest BCUT2D eigenvalue weighted by atomic mass is 32.2. The van der Waals surface area contributed by atoms with Crippen LogP contribution in [0.25, 0.3) is 0 Å². The number of carbonyl (C=O) groups is 1. The van der Waals surface area contributed by atoms with Gasteiger partial charge < -0.3 is 4.90 Å². The molecule has 1 heterocycles. The van der Waals surface area contributed by atoms with Crippen LogP contribution < -0.4 is 0 Å². The lowest BCUT2D eigenvalue weighted by molar-refractivity contribution is -0.117. The van der Waals surface area contributed by atoms with Crippen LogP contribution in [-0.2, 0) is 4.79 Å². The van der Waals surface area contributed by atoms with E-state index in [9.17, 15) is 4.79 Å². The van der Waals surface area contributed by atoms with Crippen molar-refractivity contribution in [2.45, 2.75) is 25.5 Å². The summed E-state index contributed by atoms with van der Waals surface area (Å²) in [7, 11) is 0. The van der Waals surface area contributed by atoms with Gasteiger partial charge in [-0.15, -0.1) is 0 Å². The Morgan fingerprint density at radius 1 is 1.67 bits per heavy atom. The summed E-state index contributed by atoms with van der Waals surface area (Å²) in [4.78, 5) is 13.1. The van der Waals surface area contributed by atoms with Gasteiger partial charge in [0.1, 0.15) is 5.78 Å². The molecule has 1 saturated heterocycles. The largest absolute Gasteiger partial charge is 0.301 e. The molecule has 0 aliphatic carbocycles. The topological polar surface area (TPSA) is 20.3 Å². The van der Waals surface area contributed by atoms with Crippen LogP contribution in [0.15, 0.2) is 0 Å². The van der Waals surface area contributed by atoms with Crippen LogP contribution in [0.2, 0.25) is 0 Å². The molecule has 0 saturated carbocycles. The van der Waals surface area contributed by atoms with E-state index in [0.29, 0.717) is 5.78 Å². The zero-order valence-electron chi connectivity index (χ0n) is 7.88. The Morgan fingerprint density at radius 2 is 2.42 bits per heavy atom. The number of nitrogens with zero attached hydrogens (tertiary/aromatic N) is 1. The fraction of sp³-hybridized carbons (Fsp3) is 0.889. The molecule has 0 radical (unpaired) electrons. The van der Waals surface area contributed by atoms with E-state index in [1.165, 1.54) is 5.75 Å². The number of hydrogen-bond acceptors (Lipinski definition) is 3. The van der Waals surface area contributed by atoms with Gasteiger partial charge in [0.05, 0.1) is 0 Å². The van der Waals surface area contributed by atoms with E-state index in [1.807, 2.05) is 11.8 Å². The van der Waals surface area contributed by atoms with Crippen molar-refractivity contribution < 1.29 is 4.79 Å². The van der Waals surface area contributed by atoms with Gasteiger partial charge in [-0.3, -0.25) is 4.79 Å². The first-order chi connectivity index (χ1) is 5.68. The summed E-state index contributed by atoms with van der Waals surface area (Å²) >= 11 is 2.03. The van der Waals surface area contributed by atoms with E-state index in [2.05, 4.69) is 11.8 Å². The molecule has 1 rings (SSSR count). The summed E-state index contributed by atoms with van der Waals surface area (Å²) in [5.74, 6) is 1.53. The maximum absolute atomic E-state index is 10.7. The van der Waals surface area contributed by atoms with Gasteiger partial charge in [0.2, 0.25) is 0 Å². The summed E-state index contributed by atoms with van der Waals surface area (Å²) in [6.07, 6.45) is 0.720. The first-order valence-electron chi connectivity index (χ1n) is 4.52. The molecule has 1 unspecified atom stereocenters. The van der Waals surface area contributed by atoms with Crippen LogP contribution in [0.3, 0.4) is 0 Å². The van der Waals surface area contributed by atoms with E-state index < -0.39 is 0 Å². The molecule has 0 aromatic rings. The molecule has 0 aromatic carbocycles. The molecule has 70 valence electrons. The monoisotopic (exact) mass is 187 g/mol. The Balaban J connectivity index is 2.18. The molecule has 0 amide bonds. The lowest BCUT2D eigenvalue weighted by Gasteiger charge is -2.29. The zero-order chi connectivity index (χ0) is 8.97. The molecule has 1 atom stereocenters. The van der Waals surface area contributed by atoms with Crippen molar-refractivity contribution in [2.75, 3.05) is 25.4 Å². The van der Waals surface area contributed by atoms with Crippen molar-refractivity contribution in [3.63, 3.8) is 0 Å². The first kappa shape index (κ1) is 10.1. The molecule has 0 aromatic heterocycles. The molecular formula is C9H17NOS. The minimum atomic E-state index is 0.306. The second kappa shape index (κ2) is 4.87. The average Bonchev–Trinajstić information content (AvgIpc) is 2.01. The number of ketones is 1. The second-order valence-corrected chi connectivity index (χ2v) is 4.98. The van der Waals surface area contributed by atoms with Crippen LogP contribution in [0.1, 0.15) is 20.3 Å². The maximum Gasteiger partial charge on any atom is 0.131 e. The van der Waals surface area contributed by atoms with E-state index in [0.717, 1.165) is 31.3 Å². The Kier molecular flexibility index (Phi) is 4.09. The predicted octanol–water partition coefficient (Wildman–Crippen LogP) is 1.40. The van der Waals surface area contributed by atoms with Gasteiger partial charge in [-0.2, -0.15) is 11.8 Å². The molecule has 0 spiro atoms. The van der Waals surface area contributed by atoms with Gasteiger partial charge >= 0.3 is 0 Å².